The van der Waals surface area contributed by atoms with E-state index in [1.54, 1.807) is 18.4 Å². The Hall–Kier alpha value is -2.67. The second-order valence-electron chi connectivity index (χ2n) is 4.80. The molecule has 1 heteroatoms. The highest BCUT2D eigenvalue weighted by atomic mass is 14.7. The summed E-state index contributed by atoms with van der Waals surface area (Å²) in [7, 11) is 0. The number of nitrogens with zero attached hydrogens (tertiary/aromatic N) is 1. The fraction of sp³-hybridized carbons (Fsp3) is 0.0952. The smallest absolute Gasteiger partial charge is 0.0704 e. The second-order valence-corrected chi connectivity index (χ2v) is 4.80. The van der Waals surface area contributed by atoms with Gasteiger partial charge in [-0.05, 0) is 42.7 Å². The minimum Gasteiger partial charge on any atom is -0.256 e. The van der Waals surface area contributed by atoms with Crippen molar-refractivity contribution in [2.45, 2.75) is 13.8 Å². The van der Waals surface area contributed by atoms with E-state index < -0.39 is 0 Å². The Morgan fingerprint density at radius 3 is 2.23 bits per heavy atom. The molecule has 0 unspecified atom stereocenters. The van der Waals surface area contributed by atoms with Crippen LogP contribution in [0.1, 0.15) is 19.4 Å². The normalized spacial score (nSPS) is 13.7. The molecule has 0 radical (unpaired) electrons. The van der Waals surface area contributed by atoms with Crippen LogP contribution in [0.5, 0.6) is 0 Å². The Labute approximate surface area is 134 Å². The average Bonchev–Trinajstić information content (AvgIpc) is 2.56. The first-order valence-corrected chi connectivity index (χ1v) is 7.19. The van der Waals surface area contributed by atoms with E-state index in [1.807, 2.05) is 37.3 Å². The molecule has 0 saturated carbocycles. The Balaban J connectivity index is 3.39. The standard InChI is InChI=1S/C21H23N/c1-6-12-21(22-15-7-2)20(17(4)8-3)16-18(5)19-13-10-9-11-14-19/h6-16H,1-3H2,4-5H3/b18-16+,20-17-,21-12-,22-15-. The van der Waals surface area contributed by atoms with Gasteiger partial charge in [-0.2, -0.15) is 0 Å². The SMILES string of the molecule is C=C\C=N/C(=C\C=C)C(/C=C(\C)c1ccccc1)=C(/C)C=C. The Morgan fingerprint density at radius 1 is 1.00 bits per heavy atom. The molecule has 22 heavy (non-hydrogen) atoms. The van der Waals surface area contributed by atoms with E-state index in [-0.39, 0.29) is 0 Å². The minimum absolute atomic E-state index is 0.836. The van der Waals surface area contributed by atoms with E-state index in [1.165, 1.54) is 11.1 Å². The number of allylic oxidation sites excluding steroid dienone is 7. The molecule has 0 heterocycles. The van der Waals surface area contributed by atoms with Crippen molar-refractivity contribution < 1.29 is 0 Å². The fourth-order valence-electron chi connectivity index (χ4n) is 1.95. The Morgan fingerprint density at radius 2 is 1.68 bits per heavy atom. The molecular weight excluding hydrogens is 266 g/mol. The quantitative estimate of drug-likeness (QED) is 0.436. The van der Waals surface area contributed by atoms with Crippen LogP contribution in [-0.4, -0.2) is 6.21 Å². The predicted octanol–water partition coefficient (Wildman–Crippen LogP) is 5.92. The first-order chi connectivity index (χ1) is 10.6. The van der Waals surface area contributed by atoms with Crippen LogP contribution in [0.4, 0.5) is 0 Å². The zero-order valence-corrected chi connectivity index (χ0v) is 13.4. The van der Waals surface area contributed by atoms with E-state index in [2.05, 4.69) is 49.9 Å². The Kier molecular flexibility index (Phi) is 7.35. The number of rotatable bonds is 7. The zero-order chi connectivity index (χ0) is 16.4. The molecule has 112 valence electrons. The van der Waals surface area contributed by atoms with Crippen LogP contribution < -0.4 is 0 Å². The van der Waals surface area contributed by atoms with Gasteiger partial charge in [-0.25, -0.2) is 0 Å². The molecule has 1 rings (SSSR count). The third kappa shape index (κ3) is 5.02. The van der Waals surface area contributed by atoms with Gasteiger partial charge >= 0.3 is 0 Å². The van der Waals surface area contributed by atoms with Gasteiger partial charge in [0.1, 0.15) is 0 Å². The molecule has 0 aromatic heterocycles. The van der Waals surface area contributed by atoms with Crippen molar-refractivity contribution in [2.24, 2.45) is 4.99 Å². The van der Waals surface area contributed by atoms with Gasteiger partial charge in [0, 0.05) is 11.8 Å². The topological polar surface area (TPSA) is 12.4 Å². The molecule has 0 spiro atoms. The monoisotopic (exact) mass is 289 g/mol. The predicted molar refractivity (Wildman–Crippen MR) is 100.0 cm³/mol. The summed E-state index contributed by atoms with van der Waals surface area (Å²) < 4.78 is 0. The summed E-state index contributed by atoms with van der Waals surface area (Å²) in [6.45, 7) is 15.4. The maximum Gasteiger partial charge on any atom is 0.0704 e. The molecule has 0 aliphatic heterocycles. The lowest BCUT2D eigenvalue weighted by atomic mass is 9.99. The number of benzene rings is 1. The van der Waals surface area contributed by atoms with Gasteiger partial charge in [-0.3, -0.25) is 4.99 Å². The van der Waals surface area contributed by atoms with Gasteiger partial charge in [-0.1, -0.05) is 68.3 Å². The second kappa shape index (κ2) is 9.30. The van der Waals surface area contributed by atoms with Gasteiger partial charge in [0.25, 0.3) is 0 Å². The van der Waals surface area contributed by atoms with E-state index in [4.69, 9.17) is 0 Å². The first kappa shape index (κ1) is 17.4. The van der Waals surface area contributed by atoms with Crippen molar-refractivity contribution in [3.63, 3.8) is 0 Å². The van der Waals surface area contributed by atoms with Crippen molar-refractivity contribution in [3.05, 3.63) is 103 Å². The number of aliphatic imine (C=N–C) groups is 1. The van der Waals surface area contributed by atoms with Gasteiger partial charge in [-0.15, -0.1) is 0 Å². The lowest BCUT2D eigenvalue weighted by Gasteiger charge is -2.09. The lowest BCUT2D eigenvalue weighted by molar-refractivity contribution is 1.30. The van der Waals surface area contributed by atoms with Crippen molar-refractivity contribution in [3.8, 4) is 0 Å². The summed E-state index contributed by atoms with van der Waals surface area (Å²) in [5, 5.41) is 0. The number of hydrogen-bond acceptors (Lipinski definition) is 1. The van der Waals surface area contributed by atoms with Crippen molar-refractivity contribution in [1.29, 1.82) is 0 Å². The van der Waals surface area contributed by atoms with Crippen LogP contribution in [0.3, 0.4) is 0 Å². The summed E-state index contributed by atoms with van der Waals surface area (Å²) in [5.74, 6) is 0. The van der Waals surface area contributed by atoms with Gasteiger partial charge in [0.05, 0.1) is 5.70 Å². The van der Waals surface area contributed by atoms with Crippen LogP contribution in [-0.2, 0) is 0 Å². The van der Waals surface area contributed by atoms with Crippen molar-refractivity contribution >= 4 is 11.8 Å². The summed E-state index contributed by atoms with van der Waals surface area (Å²) in [6.07, 6.45) is 10.9. The molecule has 0 fully saturated rings. The van der Waals surface area contributed by atoms with Crippen LogP contribution in [0, 0.1) is 0 Å². The van der Waals surface area contributed by atoms with Crippen LogP contribution >= 0.6 is 0 Å². The molecule has 0 bridgehead atoms. The minimum atomic E-state index is 0.836. The largest absolute Gasteiger partial charge is 0.256 e. The van der Waals surface area contributed by atoms with Crippen LogP contribution in [0.2, 0.25) is 0 Å². The molecule has 1 aromatic rings. The van der Waals surface area contributed by atoms with Gasteiger partial charge in [0.15, 0.2) is 0 Å². The van der Waals surface area contributed by atoms with Crippen LogP contribution in [0.15, 0.2) is 102 Å². The van der Waals surface area contributed by atoms with E-state index in [0.717, 1.165) is 16.8 Å². The maximum atomic E-state index is 4.44. The van der Waals surface area contributed by atoms with Crippen molar-refractivity contribution in [2.75, 3.05) is 0 Å². The van der Waals surface area contributed by atoms with E-state index in [9.17, 15) is 0 Å². The summed E-state index contributed by atoms with van der Waals surface area (Å²) in [4.78, 5) is 4.44. The average molecular weight is 289 g/mol. The third-order valence-corrected chi connectivity index (χ3v) is 3.19. The Bertz CT molecular complexity index is 652. The van der Waals surface area contributed by atoms with E-state index >= 15 is 0 Å². The van der Waals surface area contributed by atoms with Crippen molar-refractivity contribution in [1.82, 2.24) is 0 Å². The molecular formula is C21H23N. The molecule has 0 saturated heterocycles. The van der Waals surface area contributed by atoms with E-state index in [0.29, 0.717) is 0 Å². The molecule has 1 aromatic carbocycles. The highest BCUT2D eigenvalue weighted by Gasteiger charge is 2.05. The summed E-state index contributed by atoms with van der Waals surface area (Å²) in [6, 6.07) is 10.3. The maximum absolute atomic E-state index is 4.44. The highest BCUT2D eigenvalue weighted by Crippen LogP contribution is 2.24. The molecule has 0 aliphatic carbocycles. The molecule has 0 atom stereocenters. The molecule has 0 amide bonds. The molecule has 0 aliphatic rings. The van der Waals surface area contributed by atoms with Gasteiger partial charge < -0.3 is 0 Å². The zero-order valence-electron chi connectivity index (χ0n) is 13.4. The summed E-state index contributed by atoms with van der Waals surface area (Å²) in [5.41, 5.74) is 5.27. The first-order valence-electron chi connectivity index (χ1n) is 7.19. The third-order valence-electron chi connectivity index (χ3n) is 3.19. The number of hydrogen-bond donors (Lipinski definition) is 0. The molecule has 1 nitrogen and oxygen atoms in total. The van der Waals surface area contributed by atoms with Gasteiger partial charge in [0.2, 0.25) is 0 Å². The molecule has 0 N–H and O–H groups in total. The fourth-order valence-corrected chi connectivity index (χ4v) is 1.95. The van der Waals surface area contributed by atoms with Crippen LogP contribution in [0.25, 0.3) is 5.57 Å². The lowest BCUT2D eigenvalue weighted by Crippen LogP contribution is -1.91. The summed E-state index contributed by atoms with van der Waals surface area (Å²) >= 11 is 0. The highest BCUT2D eigenvalue weighted by molar-refractivity contribution is 5.74.